The molecular weight excluding hydrogens is 238 g/mol. The number of fused-ring (bicyclic) bond motifs is 1. The van der Waals surface area contributed by atoms with Crippen LogP contribution in [0.15, 0.2) is 39.0 Å². The Hall–Kier alpha value is -0.870. The summed E-state index contributed by atoms with van der Waals surface area (Å²) in [5, 5.41) is 0.837. The molecule has 0 saturated carbocycles. The third-order valence-electron chi connectivity index (χ3n) is 2.59. The van der Waals surface area contributed by atoms with Gasteiger partial charge in [-0.25, -0.2) is 0 Å². The Kier molecular flexibility index (Phi) is 3.30. The third kappa shape index (κ3) is 1.76. The van der Waals surface area contributed by atoms with E-state index in [0.29, 0.717) is 0 Å². The number of aromatic nitrogens is 1. The van der Waals surface area contributed by atoms with Gasteiger partial charge in [-0.3, -0.25) is 4.79 Å². The second-order valence-corrected chi connectivity index (χ2v) is 5.19. The molecule has 0 atom stereocenters. The van der Waals surface area contributed by atoms with Gasteiger partial charge in [0.15, 0.2) is 0 Å². The molecule has 0 amide bonds. The number of benzene rings is 1. The van der Waals surface area contributed by atoms with Crippen LogP contribution in [0.3, 0.4) is 0 Å². The van der Waals surface area contributed by atoms with Gasteiger partial charge >= 0.3 is 0 Å². The van der Waals surface area contributed by atoms with Gasteiger partial charge in [-0.15, -0.1) is 23.5 Å². The van der Waals surface area contributed by atoms with Crippen molar-refractivity contribution < 1.29 is 0 Å². The molecule has 0 radical (unpaired) electrons. The summed E-state index contributed by atoms with van der Waals surface area (Å²) in [5.41, 5.74) is 1.14. The predicted octanol–water partition coefficient (Wildman–Crippen LogP) is 2.98. The summed E-state index contributed by atoms with van der Waals surface area (Å²) in [6.07, 6.45) is 5.84. The van der Waals surface area contributed by atoms with E-state index >= 15 is 0 Å². The van der Waals surface area contributed by atoms with E-state index in [4.69, 9.17) is 0 Å². The highest BCUT2D eigenvalue weighted by Crippen LogP contribution is 2.25. The van der Waals surface area contributed by atoms with Crippen molar-refractivity contribution in [2.24, 2.45) is 7.05 Å². The van der Waals surface area contributed by atoms with E-state index in [1.165, 1.54) is 11.8 Å². The molecule has 0 fully saturated rings. The molecule has 16 heavy (non-hydrogen) atoms. The van der Waals surface area contributed by atoms with Crippen molar-refractivity contribution in [1.29, 1.82) is 0 Å². The molecule has 0 aliphatic carbocycles. The second-order valence-electron chi connectivity index (χ2n) is 3.49. The zero-order valence-electron chi connectivity index (χ0n) is 9.48. The second kappa shape index (κ2) is 4.55. The first-order valence-electron chi connectivity index (χ1n) is 4.89. The van der Waals surface area contributed by atoms with Crippen LogP contribution in [0.1, 0.15) is 0 Å². The first-order valence-corrected chi connectivity index (χ1v) is 7.34. The first-order chi connectivity index (χ1) is 7.69. The maximum atomic E-state index is 12.2. The van der Waals surface area contributed by atoms with Gasteiger partial charge in [-0.05, 0) is 24.6 Å². The predicted molar refractivity (Wildman–Crippen MR) is 72.8 cm³/mol. The molecule has 4 heteroatoms. The normalized spacial score (nSPS) is 10.9. The van der Waals surface area contributed by atoms with Gasteiger partial charge in [-0.1, -0.05) is 6.07 Å². The number of rotatable bonds is 2. The molecule has 0 aliphatic rings. The van der Waals surface area contributed by atoms with Crippen molar-refractivity contribution in [1.82, 2.24) is 4.57 Å². The lowest BCUT2D eigenvalue weighted by atomic mass is 10.2. The first kappa shape index (κ1) is 11.6. The topological polar surface area (TPSA) is 22.0 Å². The molecule has 2 rings (SSSR count). The minimum Gasteiger partial charge on any atom is -0.349 e. The number of aryl methyl sites for hydroxylation is 1. The Bertz CT molecular complexity index is 589. The zero-order chi connectivity index (χ0) is 11.7. The molecular formula is C12H13NOS2. The van der Waals surface area contributed by atoms with Crippen LogP contribution in [0.25, 0.3) is 10.9 Å². The monoisotopic (exact) mass is 251 g/mol. The smallest absolute Gasteiger partial charge is 0.204 e. The number of hydrogen-bond donors (Lipinski definition) is 0. The summed E-state index contributed by atoms with van der Waals surface area (Å²) in [6.45, 7) is 0. The van der Waals surface area contributed by atoms with E-state index in [9.17, 15) is 4.79 Å². The summed E-state index contributed by atoms with van der Waals surface area (Å²) in [5.74, 6) is 0. The molecule has 2 aromatic rings. The average Bonchev–Trinajstić information content (AvgIpc) is 2.32. The van der Waals surface area contributed by atoms with Gasteiger partial charge in [0.25, 0.3) is 0 Å². The Balaban J connectivity index is 2.97. The highest BCUT2D eigenvalue weighted by atomic mass is 32.2. The maximum absolute atomic E-state index is 12.2. The maximum Gasteiger partial charge on any atom is 0.204 e. The molecule has 0 unspecified atom stereocenters. The molecule has 2 nitrogen and oxygen atoms in total. The Morgan fingerprint density at radius 3 is 2.44 bits per heavy atom. The van der Waals surface area contributed by atoms with E-state index < -0.39 is 0 Å². The Morgan fingerprint density at radius 2 is 1.81 bits per heavy atom. The fourth-order valence-electron chi connectivity index (χ4n) is 1.78. The van der Waals surface area contributed by atoms with Gasteiger partial charge in [-0.2, -0.15) is 0 Å². The van der Waals surface area contributed by atoms with Crippen LogP contribution < -0.4 is 5.43 Å². The van der Waals surface area contributed by atoms with E-state index in [0.717, 1.165) is 20.7 Å². The Morgan fingerprint density at radius 1 is 1.12 bits per heavy atom. The molecule has 0 saturated heterocycles. The summed E-state index contributed by atoms with van der Waals surface area (Å²) in [7, 11) is 1.98. The van der Waals surface area contributed by atoms with Crippen molar-refractivity contribution in [3.8, 4) is 0 Å². The number of hydrogen-bond acceptors (Lipinski definition) is 3. The highest BCUT2D eigenvalue weighted by molar-refractivity contribution is 7.99. The van der Waals surface area contributed by atoms with Crippen LogP contribution in [0.2, 0.25) is 0 Å². The molecule has 0 N–H and O–H groups in total. The van der Waals surface area contributed by atoms with E-state index in [-0.39, 0.29) is 5.43 Å². The lowest BCUT2D eigenvalue weighted by Crippen LogP contribution is -2.10. The fourth-order valence-corrected chi connectivity index (χ4v) is 2.95. The fraction of sp³-hybridized carbons (Fsp3) is 0.250. The summed E-state index contributed by atoms with van der Waals surface area (Å²) >= 11 is 3.12. The molecule has 1 aromatic carbocycles. The van der Waals surface area contributed by atoms with E-state index in [2.05, 4.69) is 0 Å². The van der Waals surface area contributed by atoms with Crippen LogP contribution in [-0.2, 0) is 7.05 Å². The van der Waals surface area contributed by atoms with Gasteiger partial charge < -0.3 is 4.57 Å². The quantitative estimate of drug-likeness (QED) is 0.766. The third-order valence-corrected chi connectivity index (χ3v) is 4.10. The minimum absolute atomic E-state index is 0.144. The van der Waals surface area contributed by atoms with Crippen LogP contribution in [-0.4, -0.2) is 17.1 Å². The van der Waals surface area contributed by atoms with Gasteiger partial charge in [0, 0.05) is 18.1 Å². The van der Waals surface area contributed by atoms with Crippen LogP contribution in [0.5, 0.6) is 0 Å². The van der Waals surface area contributed by atoms with Gasteiger partial charge in [0.2, 0.25) is 5.43 Å². The molecule has 1 aromatic heterocycles. The summed E-state index contributed by atoms with van der Waals surface area (Å²) in [4.78, 5) is 14.1. The zero-order valence-corrected chi connectivity index (χ0v) is 11.1. The summed E-state index contributed by atoms with van der Waals surface area (Å²) < 4.78 is 2.02. The number of nitrogens with zero attached hydrogens (tertiary/aromatic N) is 1. The van der Waals surface area contributed by atoms with E-state index in [1.807, 2.05) is 48.5 Å². The lowest BCUT2D eigenvalue weighted by molar-refractivity contribution is 0.922. The van der Waals surface area contributed by atoms with Crippen molar-refractivity contribution in [2.45, 2.75) is 9.79 Å². The van der Waals surface area contributed by atoms with Crippen LogP contribution in [0.4, 0.5) is 0 Å². The minimum atomic E-state index is 0.144. The van der Waals surface area contributed by atoms with Crippen LogP contribution in [0, 0.1) is 0 Å². The SMILES string of the molecule is CSc1cn(C)c2cccc(SC)c2c1=O. The molecule has 0 bridgehead atoms. The number of pyridine rings is 1. The average molecular weight is 251 g/mol. The standard InChI is InChI=1S/C12H13NOS2/c1-13-7-10(16-3)12(14)11-8(13)5-4-6-9(11)15-2/h4-7H,1-3H3. The van der Waals surface area contributed by atoms with Crippen molar-refractivity contribution >= 4 is 34.4 Å². The van der Waals surface area contributed by atoms with Crippen molar-refractivity contribution in [3.63, 3.8) is 0 Å². The highest BCUT2D eigenvalue weighted by Gasteiger charge is 2.09. The van der Waals surface area contributed by atoms with Crippen molar-refractivity contribution in [3.05, 3.63) is 34.6 Å². The largest absolute Gasteiger partial charge is 0.349 e. The van der Waals surface area contributed by atoms with Gasteiger partial charge in [0.05, 0.1) is 15.8 Å². The molecule has 0 aliphatic heterocycles. The van der Waals surface area contributed by atoms with E-state index in [1.54, 1.807) is 11.8 Å². The van der Waals surface area contributed by atoms with Crippen molar-refractivity contribution in [2.75, 3.05) is 12.5 Å². The van der Waals surface area contributed by atoms with Crippen LogP contribution >= 0.6 is 23.5 Å². The Labute approximate surface area is 103 Å². The van der Waals surface area contributed by atoms with Gasteiger partial charge in [0.1, 0.15) is 0 Å². The summed E-state index contributed by atoms with van der Waals surface area (Å²) in [6, 6.07) is 5.98. The molecule has 0 spiro atoms. The molecule has 1 heterocycles. The molecule has 84 valence electrons. The lowest BCUT2D eigenvalue weighted by Gasteiger charge is -2.09. The number of thioether (sulfide) groups is 2.